The number of hydrogen-bond donors (Lipinski definition) is 0. The van der Waals surface area contributed by atoms with Crippen molar-refractivity contribution in [2.75, 3.05) is 0 Å². The van der Waals surface area contributed by atoms with Gasteiger partial charge in [-0.3, -0.25) is 9.97 Å². The Labute approximate surface area is 150 Å². The van der Waals surface area contributed by atoms with Crippen LogP contribution in [0, 0.1) is 0 Å². The van der Waals surface area contributed by atoms with Gasteiger partial charge in [0.1, 0.15) is 0 Å². The first-order chi connectivity index (χ1) is 9.70. The molecule has 1 saturated carbocycles. The van der Waals surface area contributed by atoms with E-state index in [-0.39, 0.29) is 24.8 Å². The Morgan fingerprint density at radius 2 is 1.82 bits per heavy atom. The molecule has 0 atom stereocenters. The summed E-state index contributed by atoms with van der Waals surface area (Å²) >= 11 is 5.66. The van der Waals surface area contributed by atoms with E-state index in [1.165, 1.54) is 18.5 Å². The minimum absolute atomic E-state index is 0. The molecule has 0 aromatic carbocycles. The van der Waals surface area contributed by atoms with Crippen LogP contribution in [-0.4, -0.2) is 9.97 Å². The molecule has 2 nitrogen and oxygen atoms in total. The van der Waals surface area contributed by atoms with Gasteiger partial charge in [-0.25, -0.2) is 0 Å². The van der Waals surface area contributed by atoms with E-state index in [1.54, 1.807) is 0 Å². The first-order valence-corrected chi connectivity index (χ1v) is 7.67. The molecule has 5 heteroatoms. The highest BCUT2D eigenvalue weighted by Gasteiger charge is 2.24. The van der Waals surface area contributed by atoms with Crippen LogP contribution in [0.15, 0.2) is 42.6 Å². The fourth-order valence-corrected chi connectivity index (χ4v) is 2.05. The Morgan fingerprint density at radius 3 is 2.27 bits per heavy atom. The van der Waals surface area contributed by atoms with E-state index in [9.17, 15) is 0 Å². The molecule has 0 N–H and O–H groups in total. The standard InChI is InChI=1S/C9H10ClN.C8H11N.2ClH/c10-6-8-2-1-3-9(11-8)7-4-5-7;1-7(2)8-5-3-4-6-9-8;;/h1-3,7H,4-6H2;3-7H,1-2H3;2*1H. The third kappa shape index (κ3) is 6.95. The average molecular weight is 362 g/mol. The van der Waals surface area contributed by atoms with E-state index in [2.05, 4.69) is 29.9 Å². The van der Waals surface area contributed by atoms with Gasteiger partial charge in [-0.2, -0.15) is 0 Å². The van der Waals surface area contributed by atoms with Gasteiger partial charge in [-0.05, 0) is 43.0 Å². The number of halogens is 3. The van der Waals surface area contributed by atoms with Crippen molar-refractivity contribution in [2.45, 2.75) is 44.4 Å². The van der Waals surface area contributed by atoms with Crippen LogP contribution >= 0.6 is 36.4 Å². The maximum Gasteiger partial charge on any atom is 0.0647 e. The Balaban J connectivity index is 0.000000374. The van der Waals surface area contributed by atoms with Gasteiger partial charge in [0.05, 0.1) is 11.6 Å². The molecule has 22 heavy (non-hydrogen) atoms. The van der Waals surface area contributed by atoms with Gasteiger partial charge in [-0.1, -0.05) is 26.0 Å². The second kappa shape index (κ2) is 10.8. The summed E-state index contributed by atoms with van der Waals surface area (Å²) < 4.78 is 0. The van der Waals surface area contributed by atoms with Crippen LogP contribution in [0.5, 0.6) is 0 Å². The Bertz CT molecular complexity index is 528. The Kier molecular flexibility index (Phi) is 10.4. The van der Waals surface area contributed by atoms with E-state index in [0.717, 1.165) is 17.3 Å². The zero-order valence-corrected chi connectivity index (χ0v) is 15.3. The molecule has 0 unspecified atom stereocenters. The van der Waals surface area contributed by atoms with Gasteiger partial charge in [0.25, 0.3) is 0 Å². The molecule has 2 aromatic heterocycles. The molecule has 0 amide bonds. The molecule has 1 fully saturated rings. The molecule has 0 radical (unpaired) electrons. The number of hydrogen-bond acceptors (Lipinski definition) is 2. The monoisotopic (exact) mass is 360 g/mol. The number of rotatable bonds is 3. The summed E-state index contributed by atoms with van der Waals surface area (Å²) in [6, 6.07) is 12.1. The van der Waals surface area contributed by atoms with Crippen molar-refractivity contribution in [1.82, 2.24) is 9.97 Å². The lowest BCUT2D eigenvalue weighted by atomic mass is 10.1. The molecule has 0 spiro atoms. The largest absolute Gasteiger partial charge is 0.261 e. The number of alkyl halides is 1. The van der Waals surface area contributed by atoms with Gasteiger partial charge in [0.15, 0.2) is 0 Å². The van der Waals surface area contributed by atoms with Crippen molar-refractivity contribution in [1.29, 1.82) is 0 Å². The second-order valence-electron chi connectivity index (χ2n) is 5.37. The van der Waals surface area contributed by atoms with Crippen LogP contribution in [0.3, 0.4) is 0 Å². The quantitative estimate of drug-likeness (QED) is 0.651. The van der Waals surface area contributed by atoms with Crippen molar-refractivity contribution < 1.29 is 0 Å². The maximum absolute atomic E-state index is 5.66. The fourth-order valence-electron chi connectivity index (χ4n) is 1.90. The highest BCUT2D eigenvalue weighted by Crippen LogP contribution is 2.38. The lowest BCUT2D eigenvalue weighted by molar-refractivity contribution is 0.823. The third-order valence-electron chi connectivity index (χ3n) is 3.24. The molecule has 2 heterocycles. The molecule has 0 saturated heterocycles. The van der Waals surface area contributed by atoms with Crippen LogP contribution in [0.2, 0.25) is 0 Å². The van der Waals surface area contributed by atoms with Crippen molar-refractivity contribution in [2.24, 2.45) is 0 Å². The number of aromatic nitrogens is 2. The predicted molar refractivity (Wildman–Crippen MR) is 98.6 cm³/mol. The number of nitrogens with zero attached hydrogens (tertiary/aromatic N) is 2. The highest BCUT2D eigenvalue weighted by molar-refractivity contribution is 6.16. The molecule has 3 rings (SSSR count). The molecular weight excluding hydrogens is 339 g/mol. The molecule has 0 bridgehead atoms. The molecule has 1 aliphatic carbocycles. The zero-order chi connectivity index (χ0) is 14.4. The van der Waals surface area contributed by atoms with E-state index in [0.29, 0.717) is 11.8 Å². The van der Waals surface area contributed by atoms with E-state index >= 15 is 0 Å². The van der Waals surface area contributed by atoms with Crippen molar-refractivity contribution >= 4 is 36.4 Å². The van der Waals surface area contributed by atoms with E-state index < -0.39 is 0 Å². The van der Waals surface area contributed by atoms with Crippen LogP contribution in [0.1, 0.15) is 55.6 Å². The molecule has 1 aliphatic rings. The smallest absolute Gasteiger partial charge is 0.0647 e. The predicted octanol–water partition coefficient (Wildman–Crippen LogP) is 5.75. The van der Waals surface area contributed by atoms with Crippen LogP contribution in [0.25, 0.3) is 0 Å². The lowest BCUT2D eigenvalue weighted by Gasteiger charge is -2.00. The molecule has 0 aliphatic heterocycles. The highest BCUT2D eigenvalue weighted by atomic mass is 35.5. The summed E-state index contributed by atoms with van der Waals surface area (Å²) in [4.78, 5) is 8.60. The Hall–Kier alpha value is -0.830. The summed E-state index contributed by atoms with van der Waals surface area (Å²) in [5.74, 6) is 1.81. The van der Waals surface area contributed by atoms with Gasteiger partial charge in [0, 0.05) is 23.5 Å². The fraction of sp³-hybridized carbons (Fsp3) is 0.412. The molecular formula is C17H23Cl3N2. The van der Waals surface area contributed by atoms with Crippen molar-refractivity contribution in [3.05, 3.63) is 59.7 Å². The van der Waals surface area contributed by atoms with Gasteiger partial charge in [-0.15, -0.1) is 36.4 Å². The topological polar surface area (TPSA) is 25.8 Å². The summed E-state index contributed by atoms with van der Waals surface area (Å²) in [6.45, 7) is 4.28. The first-order valence-electron chi connectivity index (χ1n) is 7.13. The van der Waals surface area contributed by atoms with Crippen molar-refractivity contribution in [3.63, 3.8) is 0 Å². The van der Waals surface area contributed by atoms with Crippen LogP contribution in [0.4, 0.5) is 0 Å². The maximum atomic E-state index is 5.66. The van der Waals surface area contributed by atoms with Crippen LogP contribution in [-0.2, 0) is 5.88 Å². The minimum atomic E-state index is 0. The van der Waals surface area contributed by atoms with Gasteiger partial charge < -0.3 is 0 Å². The summed E-state index contributed by atoms with van der Waals surface area (Å²) in [7, 11) is 0. The van der Waals surface area contributed by atoms with Gasteiger partial charge >= 0.3 is 0 Å². The minimum Gasteiger partial charge on any atom is -0.261 e. The zero-order valence-electron chi connectivity index (χ0n) is 12.9. The molecule has 2 aromatic rings. The lowest BCUT2D eigenvalue weighted by Crippen LogP contribution is -1.90. The Morgan fingerprint density at radius 1 is 1.09 bits per heavy atom. The normalized spacial score (nSPS) is 12.5. The molecule has 122 valence electrons. The summed E-state index contributed by atoms with van der Waals surface area (Å²) in [6.07, 6.45) is 4.44. The second-order valence-corrected chi connectivity index (χ2v) is 5.64. The van der Waals surface area contributed by atoms with Crippen molar-refractivity contribution in [3.8, 4) is 0 Å². The average Bonchev–Trinajstić information content (AvgIpc) is 3.34. The van der Waals surface area contributed by atoms with E-state index in [4.69, 9.17) is 11.6 Å². The summed E-state index contributed by atoms with van der Waals surface area (Å²) in [5, 5.41) is 0. The van der Waals surface area contributed by atoms with Crippen LogP contribution < -0.4 is 0 Å². The first kappa shape index (κ1) is 21.2. The van der Waals surface area contributed by atoms with E-state index in [1.807, 2.05) is 36.5 Å². The summed E-state index contributed by atoms with van der Waals surface area (Å²) in [5.41, 5.74) is 3.39. The van der Waals surface area contributed by atoms with Gasteiger partial charge in [0.2, 0.25) is 0 Å². The number of pyridine rings is 2. The SMILES string of the molecule is CC(C)c1ccccn1.Cl.Cl.ClCc1cccc(C2CC2)n1. The third-order valence-corrected chi connectivity index (χ3v) is 3.51.